The molecule has 1 aliphatic rings. The fourth-order valence-electron chi connectivity index (χ4n) is 2.67. The van der Waals surface area contributed by atoms with Gasteiger partial charge >= 0.3 is 0 Å². The minimum Gasteiger partial charge on any atom is -0.394 e. The smallest absolute Gasteiger partial charge is 0.184 e. The molecule has 0 aromatic carbocycles. The summed E-state index contributed by atoms with van der Waals surface area (Å²) in [5, 5.41) is 20.1. The largest absolute Gasteiger partial charge is 0.394 e. The Balaban J connectivity index is 2.04. The van der Waals surface area contributed by atoms with Crippen LogP contribution in [0.1, 0.15) is 6.23 Å². The van der Waals surface area contributed by atoms with Gasteiger partial charge in [0.05, 0.1) is 19.3 Å². The Bertz CT molecular complexity index is 780. The average Bonchev–Trinajstić information content (AvgIpc) is 3.10. The molecule has 11 heteroatoms. The van der Waals surface area contributed by atoms with Crippen molar-refractivity contribution in [1.29, 1.82) is 0 Å². The van der Waals surface area contributed by atoms with Crippen LogP contribution in [0, 0.1) is 0 Å². The highest BCUT2D eigenvalue weighted by atomic mass is 127. The molecular formula is C14H19IN6O4. The van der Waals surface area contributed by atoms with Gasteiger partial charge in [-0.2, -0.15) is 0 Å². The van der Waals surface area contributed by atoms with E-state index >= 15 is 0 Å². The maximum Gasteiger partial charge on any atom is 0.184 e. The summed E-state index contributed by atoms with van der Waals surface area (Å²) in [5.74, 6) is 0.424. The molecule has 0 aliphatic carbocycles. The van der Waals surface area contributed by atoms with Gasteiger partial charge in [0.25, 0.3) is 0 Å². The van der Waals surface area contributed by atoms with E-state index in [4.69, 9.17) is 9.47 Å². The second kappa shape index (κ2) is 7.07. The molecule has 1 aliphatic heterocycles. The lowest BCUT2D eigenvalue weighted by molar-refractivity contribution is -0.0583. The molecule has 3 heterocycles. The van der Waals surface area contributed by atoms with E-state index in [1.54, 1.807) is 15.8 Å². The summed E-state index contributed by atoms with van der Waals surface area (Å²) in [5.41, 5.74) is 1.00. The van der Waals surface area contributed by atoms with Gasteiger partial charge in [0.1, 0.15) is 18.5 Å². The van der Waals surface area contributed by atoms with Crippen LogP contribution in [0.25, 0.3) is 11.2 Å². The Labute approximate surface area is 157 Å². The Morgan fingerprint density at radius 1 is 1.48 bits per heavy atom. The van der Waals surface area contributed by atoms with Gasteiger partial charge in [-0.25, -0.2) is 19.9 Å². The van der Waals surface area contributed by atoms with E-state index in [9.17, 15) is 10.2 Å². The third-order valence-corrected chi connectivity index (χ3v) is 5.17. The monoisotopic (exact) mass is 462 g/mol. The van der Waals surface area contributed by atoms with Crippen molar-refractivity contribution >= 4 is 45.9 Å². The Kier molecular flexibility index (Phi) is 5.20. The summed E-state index contributed by atoms with van der Waals surface area (Å²) in [6.45, 7) is -0.338. The summed E-state index contributed by atoms with van der Waals surface area (Å²) in [6.07, 6.45) is 2.33. The number of rotatable bonds is 5. The van der Waals surface area contributed by atoms with Crippen molar-refractivity contribution in [2.75, 3.05) is 27.8 Å². The molecule has 0 unspecified atom stereocenters. The van der Waals surface area contributed by atoms with Crippen molar-refractivity contribution < 1.29 is 19.7 Å². The van der Waals surface area contributed by atoms with E-state index in [1.165, 1.54) is 19.8 Å². The predicted molar refractivity (Wildman–Crippen MR) is 97.9 cm³/mol. The van der Waals surface area contributed by atoms with Crippen LogP contribution < -0.4 is 0 Å². The van der Waals surface area contributed by atoms with Gasteiger partial charge < -0.3 is 24.6 Å². The fourth-order valence-corrected chi connectivity index (χ4v) is 3.58. The first-order valence-corrected chi connectivity index (χ1v) is 8.56. The zero-order valence-electron chi connectivity index (χ0n) is 13.9. The zero-order chi connectivity index (χ0) is 18.2. The normalized spacial score (nSPS) is 29.8. The highest BCUT2D eigenvalue weighted by Gasteiger charge is 2.55. The lowest BCUT2D eigenvalue weighted by atomic mass is 10.1. The minimum absolute atomic E-state index is 0.338. The minimum atomic E-state index is -1.39. The van der Waals surface area contributed by atoms with Crippen molar-refractivity contribution in [3.8, 4) is 0 Å². The van der Waals surface area contributed by atoms with Crippen LogP contribution in [-0.4, -0.2) is 84.6 Å². The first-order valence-electron chi connectivity index (χ1n) is 7.48. The van der Waals surface area contributed by atoms with Gasteiger partial charge in [0.2, 0.25) is 0 Å². The van der Waals surface area contributed by atoms with Crippen LogP contribution in [0.5, 0.6) is 0 Å². The van der Waals surface area contributed by atoms with E-state index in [2.05, 4.69) is 19.9 Å². The Morgan fingerprint density at radius 2 is 2.24 bits per heavy atom. The molecule has 4 atom stereocenters. The molecule has 136 valence electrons. The van der Waals surface area contributed by atoms with Crippen LogP contribution in [-0.2, 0) is 9.47 Å². The van der Waals surface area contributed by atoms with Crippen LogP contribution in [0.3, 0.4) is 0 Å². The Morgan fingerprint density at radius 3 is 2.88 bits per heavy atom. The van der Waals surface area contributed by atoms with E-state index in [0.717, 1.165) is 0 Å². The Hall–Kier alpha value is -1.41. The number of nitrogens with zero attached hydrogens (tertiary/aromatic N) is 6. The quantitative estimate of drug-likeness (QED) is 0.278. The molecule has 0 spiro atoms. The zero-order valence-corrected chi connectivity index (χ0v) is 16.1. The standard InChI is InChI=1S/C14H19IN6O4/c1-20(2)6-19-11-9-12(17-5-16-11)21(7-18-9)13-10(24-3)14(15,23)8(4-22)25-13/h5-8,10,13,22-23H,4H2,1-3H3/t8-,10+,13-,14-/m1/s1. The highest BCUT2D eigenvalue weighted by molar-refractivity contribution is 14.1. The van der Waals surface area contributed by atoms with Crippen molar-refractivity contribution in [1.82, 2.24) is 24.4 Å². The summed E-state index contributed by atoms with van der Waals surface area (Å²) >= 11 is 1.83. The molecule has 1 fully saturated rings. The maximum atomic E-state index is 10.6. The molecule has 0 amide bonds. The van der Waals surface area contributed by atoms with Crippen LogP contribution in [0.4, 0.5) is 5.82 Å². The molecule has 2 N–H and O–H groups in total. The molecule has 0 bridgehead atoms. The number of aliphatic hydroxyl groups excluding tert-OH is 1. The van der Waals surface area contributed by atoms with Gasteiger partial charge in [0.15, 0.2) is 26.8 Å². The molecule has 25 heavy (non-hydrogen) atoms. The van der Waals surface area contributed by atoms with Crippen LogP contribution in [0.15, 0.2) is 17.6 Å². The molecule has 3 rings (SSSR count). The number of aromatic nitrogens is 4. The van der Waals surface area contributed by atoms with Gasteiger partial charge in [0, 0.05) is 21.2 Å². The molecule has 1 saturated heterocycles. The number of aliphatic hydroxyl groups is 2. The fraction of sp³-hybridized carbons (Fsp3) is 0.571. The van der Waals surface area contributed by atoms with E-state index < -0.39 is 22.0 Å². The number of imidazole rings is 1. The lowest BCUT2D eigenvalue weighted by Crippen LogP contribution is -2.44. The second-order valence-electron chi connectivity index (χ2n) is 5.81. The third kappa shape index (κ3) is 3.21. The topological polar surface area (TPSA) is 118 Å². The number of hydrogen-bond donors (Lipinski definition) is 2. The SMILES string of the molecule is CO[C@H]1[C@H](n2cnc3c(N=CN(C)C)ncnc32)O[C@H](CO)[C@]1(O)I. The second-order valence-corrected chi connectivity index (χ2v) is 7.54. The number of alkyl halides is 1. The van der Waals surface area contributed by atoms with Gasteiger partial charge in [-0.15, -0.1) is 0 Å². The van der Waals surface area contributed by atoms with Crippen molar-refractivity contribution in [3.63, 3.8) is 0 Å². The van der Waals surface area contributed by atoms with Gasteiger partial charge in [-0.05, 0) is 22.6 Å². The third-order valence-electron chi connectivity index (χ3n) is 3.86. The summed E-state index contributed by atoms with van der Waals surface area (Å²) in [6, 6.07) is 0. The van der Waals surface area contributed by atoms with E-state index in [1.807, 2.05) is 36.7 Å². The number of fused-ring (bicyclic) bond motifs is 1. The van der Waals surface area contributed by atoms with E-state index in [-0.39, 0.29) is 6.61 Å². The lowest BCUT2D eigenvalue weighted by Gasteiger charge is -2.26. The summed E-state index contributed by atoms with van der Waals surface area (Å²) in [4.78, 5) is 18.8. The van der Waals surface area contributed by atoms with Gasteiger partial charge in [-0.1, -0.05) is 0 Å². The predicted octanol–water partition coefficient (Wildman–Crippen LogP) is 0.0760. The molecule has 2 aromatic heterocycles. The summed E-state index contributed by atoms with van der Waals surface area (Å²) in [7, 11) is 5.18. The summed E-state index contributed by atoms with van der Waals surface area (Å²) < 4.78 is 11.5. The average molecular weight is 462 g/mol. The molecule has 10 nitrogen and oxygen atoms in total. The highest BCUT2D eigenvalue weighted by Crippen LogP contribution is 2.44. The van der Waals surface area contributed by atoms with Crippen LogP contribution >= 0.6 is 22.6 Å². The van der Waals surface area contributed by atoms with Crippen molar-refractivity contribution in [3.05, 3.63) is 12.7 Å². The first kappa shape index (κ1) is 18.4. The maximum absolute atomic E-state index is 10.6. The van der Waals surface area contributed by atoms with Crippen molar-refractivity contribution in [2.45, 2.75) is 22.0 Å². The van der Waals surface area contributed by atoms with Crippen LogP contribution in [0.2, 0.25) is 0 Å². The number of halogens is 1. The molecule has 2 aromatic rings. The van der Waals surface area contributed by atoms with Gasteiger partial charge in [-0.3, -0.25) is 4.57 Å². The number of methoxy groups -OCH3 is 1. The number of ether oxygens (including phenoxy) is 2. The molecule has 0 radical (unpaired) electrons. The molecule has 0 saturated carbocycles. The van der Waals surface area contributed by atoms with Crippen molar-refractivity contribution in [2.24, 2.45) is 4.99 Å². The number of hydrogen-bond acceptors (Lipinski definition) is 8. The molecular weight excluding hydrogens is 443 g/mol. The van der Waals surface area contributed by atoms with E-state index in [0.29, 0.717) is 17.0 Å². The first-order chi connectivity index (χ1) is 11.9. The number of aliphatic imine (C=N–C) groups is 1.